The Morgan fingerprint density at radius 1 is 1.15 bits per heavy atom. The monoisotopic (exact) mass is 370 g/mol. The fourth-order valence-electron chi connectivity index (χ4n) is 2.49. The van der Waals surface area contributed by atoms with Crippen molar-refractivity contribution < 1.29 is 38.4 Å². The third-order valence-corrected chi connectivity index (χ3v) is 3.38. The fourth-order valence-corrected chi connectivity index (χ4v) is 2.49. The smallest absolute Gasteiger partial charge is 0.303 e. The molecule has 1 aliphatic heterocycles. The molecular formula is C18H26O8. The number of carbonyl (C=O) groups excluding carboxylic acids is 2. The van der Waals surface area contributed by atoms with Crippen LogP contribution in [-0.2, 0) is 33.3 Å². The van der Waals surface area contributed by atoms with Gasteiger partial charge in [-0.1, -0.05) is 18.2 Å². The number of carbonyl (C=O) groups is 3. The maximum absolute atomic E-state index is 11.2. The first-order valence-corrected chi connectivity index (χ1v) is 8.40. The second-order valence-corrected chi connectivity index (χ2v) is 5.91. The third-order valence-electron chi connectivity index (χ3n) is 3.38. The molecule has 0 bridgehead atoms. The SMILES string of the molecule is CC(=O)O.CC(=O)OC1C[C@H](OC(C)=O)CO[C@@H]1OCC1=CCCC=C1. The van der Waals surface area contributed by atoms with E-state index in [2.05, 4.69) is 12.2 Å². The minimum atomic E-state index is -0.833. The molecule has 1 aliphatic carbocycles. The van der Waals surface area contributed by atoms with Crippen molar-refractivity contribution in [3.05, 3.63) is 23.8 Å². The summed E-state index contributed by atoms with van der Waals surface area (Å²) >= 11 is 0. The molecule has 0 aromatic carbocycles. The molecule has 1 N–H and O–H groups in total. The van der Waals surface area contributed by atoms with Gasteiger partial charge in [0.1, 0.15) is 6.10 Å². The highest BCUT2D eigenvalue weighted by Crippen LogP contribution is 2.22. The molecule has 0 aromatic rings. The Hall–Kier alpha value is -2.19. The van der Waals surface area contributed by atoms with Crippen LogP contribution in [0.5, 0.6) is 0 Å². The van der Waals surface area contributed by atoms with Crippen molar-refractivity contribution in [1.82, 2.24) is 0 Å². The number of carboxylic acid groups (broad SMARTS) is 1. The van der Waals surface area contributed by atoms with Crippen LogP contribution in [0.15, 0.2) is 23.8 Å². The summed E-state index contributed by atoms with van der Waals surface area (Å²) in [5.41, 5.74) is 1.08. The number of ether oxygens (including phenoxy) is 4. The Morgan fingerprint density at radius 3 is 2.35 bits per heavy atom. The number of carboxylic acids is 1. The first-order valence-electron chi connectivity index (χ1n) is 8.40. The average molecular weight is 370 g/mol. The summed E-state index contributed by atoms with van der Waals surface area (Å²) in [5.74, 6) is -1.63. The van der Waals surface area contributed by atoms with Crippen molar-refractivity contribution in [3.8, 4) is 0 Å². The number of rotatable bonds is 5. The zero-order valence-electron chi connectivity index (χ0n) is 15.3. The molecule has 0 amide bonds. The van der Waals surface area contributed by atoms with E-state index >= 15 is 0 Å². The highest BCUT2D eigenvalue weighted by molar-refractivity contribution is 5.66. The number of hydrogen-bond donors (Lipinski definition) is 1. The van der Waals surface area contributed by atoms with Crippen LogP contribution < -0.4 is 0 Å². The summed E-state index contributed by atoms with van der Waals surface area (Å²) in [6.07, 6.45) is 7.01. The van der Waals surface area contributed by atoms with E-state index in [-0.39, 0.29) is 12.6 Å². The highest BCUT2D eigenvalue weighted by atomic mass is 16.7. The number of aliphatic carboxylic acids is 1. The van der Waals surface area contributed by atoms with Crippen molar-refractivity contribution >= 4 is 17.9 Å². The van der Waals surface area contributed by atoms with Gasteiger partial charge in [-0.2, -0.15) is 0 Å². The maximum Gasteiger partial charge on any atom is 0.303 e. The summed E-state index contributed by atoms with van der Waals surface area (Å²) in [5, 5.41) is 7.42. The van der Waals surface area contributed by atoms with Crippen LogP contribution >= 0.6 is 0 Å². The lowest BCUT2D eigenvalue weighted by Gasteiger charge is -2.34. The highest BCUT2D eigenvalue weighted by Gasteiger charge is 2.36. The molecule has 1 fully saturated rings. The molecule has 1 unspecified atom stereocenters. The van der Waals surface area contributed by atoms with Gasteiger partial charge in [0.2, 0.25) is 0 Å². The second-order valence-electron chi connectivity index (χ2n) is 5.91. The normalized spacial score (nSPS) is 24.6. The predicted molar refractivity (Wildman–Crippen MR) is 91.2 cm³/mol. The second kappa shape index (κ2) is 11.4. The summed E-state index contributed by atoms with van der Waals surface area (Å²) in [6.45, 7) is 4.39. The molecule has 0 saturated carbocycles. The maximum atomic E-state index is 11.2. The molecule has 0 spiro atoms. The van der Waals surface area contributed by atoms with Crippen molar-refractivity contribution in [2.45, 2.75) is 58.5 Å². The molecule has 0 aromatic heterocycles. The van der Waals surface area contributed by atoms with Gasteiger partial charge in [0, 0.05) is 27.2 Å². The van der Waals surface area contributed by atoms with E-state index in [0.29, 0.717) is 13.0 Å². The van der Waals surface area contributed by atoms with Gasteiger partial charge in [0.15, 0.2) is 12.4 Å². The van der Waals surface area contributed by atoms with Crippen LogP contribution in [0.25, 0.3) is 0 Å². The predicted octanol–water partition coefficient (Wildman–Crippen LogP) is 1.98. The molecule has 3 atom stereocenters. The van der Waals surface area contributed by atoms with Crippen LogP contribution in [0.3, 0.4) is 0 Å². The number of hydrogen-bond acceptors (Lipinski definition) is 7. The standard InChI is InChI=1S/C16H22O6.C2H4O2/c1-11(17)21-14-8-15(22-12(2)18)16(20-10-14)19-9-13-6-4-3-5-7-13;1-2(3)4/h4,6-7,14-16H,3,5,8-10H2,1-2H3;1H3,(H,3,4)/t14-,15?,16-;/m0./s1. The van der Waals surface area contributed by atoms with E-state index in [9.17, 15) is 9.59 Å². The quantitative estimate of drug-likeness (QED) is 0.732. The van der Waals surface area contributed by atoms with Gasteiger partial charge in [-0.3, -0.25) is 14.4 Å². The van der Waals surface area contributed by atoms with E-state index in [4.69, 9.17) is 28.8 Å². The molecular weight excluding hydrogens is 344 g/mol. The van der Waals surface area contributed by atoms with Gasteiger partial charge in [0.05, 0.1) is 13.2 Å². The Balaban J connectivity index is 0.000000765. The van der Waals surface area contributed by atoms with Crippen LogP contribution in [0.1, 0.15) is 40.0 Å². The summed E-state index contributed by atoms with van der Waals surface area (Å²) in [6, 6.07) is 0. The summed E-state index contributed by atoms with van der Waals surface area (Å²) in [7, 11) is 0. The molecule has 26 heavy (non-hydrogen) atoms. The van der Waals surface area contributed by atoms with Crippen LogP contribution in [0, 0.1) is 0 Å². The lowest BCUT2D eigenvalue weighted by molar-refractivity contribution is -0.244. The van der Waals surface area contributed by atoms with Gasteiger partial charge >= 0.3 is 11.9 Å². The zero-order chi connectivity index (χ0) is 19.5. The molecule has 8 heteroatoms. The third kappa shape index (κ3) is 9.33. The van der Waals surface area contributed by atoms with Gasteiger partial charge < -0.3 is 24.1 Å². The van der Waals surface area contributed by atoms with Gasteiger partial charge in [-0.15, -0.1) is 0 Å². The van der Waals surface area contributed by atoms with Gasteiger partial charge in [-0.25, -0.2) is 0 Å². The first-order chi connectivity index (χ1) is 12.3. The fraction of sp³-hybridized carbons (Fsp3) is 0.611. The van der Waals surface area contributed by atoms with Crippen molar-refractivity contribution in [1.29, 1.82) is 0 Å². The van der Waals surface area contributed by atoms with Crippen LogP contribution in [0.4, 0.5) is 0 Å². The lowest BCUT2D eigenvalue weighted by Crippen LogP contribution is -2.46. The van der Waals surface area contributed by atoms with Crippen molar-refractivity contribution in [2.24, 2.45) is 0 Å². The Morgan fingerprint density at radius 2 is 1.81 bits per heavy atom. The van der Waals surface area contributed by atoms with Gasteiger partial charge in [-0.05, 0) is 18.4 Å². The van der Waals surface area contributed by atoms with E-state index < -0.39 is 30.4 Å². The molecule has 1 saturated heterocycles. The Bertz CT molecular complexity index is 547. The van der Waals surface area contributed by atoms with Crippen LogP contribution in [-0.4, -0.2) is 54.7 Å². The van der Waals surface area contributed by atoms with E-state index in [1.807, 2.05) is 6.08 Å². The van der Waals surface area contributed by atoms with E-state index in [1.165, 1.54) is 13.8 Å². The van der Waals surface area contributed by atoms with E-state index in [0.717, 1.165) is 25.3 Å². The number of esters is 2. The summed E-state index contributed by atoms with van der Waals surface area (Å²) < 4.78 is 21.6. The average Bonchev–Trinajstić information content (AvgIpc) is 2.53. The first kappa shape index (κ1) is 21.9. The molecule has 2 rings (SSSR count). The van der Waals surface area contributed by atoms with Crippen LogP contribution in [0.2, 0.25) is 0 Å². The van der Waals surface area contributed by atoms with Crippen molar-refractivity contribution in [3.63, 3.8) is 0 Å². The Kier molecular flexibility index (Phi) is 9.61. The largest absolute Gasteiger partial charge is 0.481 e. The minimum Gasteiger partial charge on any atom is -0.481 e. The molecule has 1 heterocycles. The molecule has 2 aliphatic rings. The minimum absolute atomic E-state index is 0.233. The molecule has 0 radical (unpaired) electrons. The van der Waals surface area contributed by atoms with Gasteiger partial charge in [0.25, 0.3) is 5.97 Å². The molecule has 146 valence electrons. The number of allylic oxidation sites excluding steroid dienone is 2. The topological polar surface area (TPSA) is 108 Å². The Labute approximate surface area is 152 Å². The summed E-state index contributed by atoms with van der Waals surface area (Å²) in [4.78, 5) is 31.3. The molecule has 8 nitrogen and oxygen atoms in total. The lowest BCUT2D eigenvalue weighted by atomic mass is 10.1. The van der Waals surface area contributed by atoms with E-state index in [1.54, 1.807) is 0 Å². The van der Waals surface area contributed by atoms with Crippen molar-refractivity contribution in [2.75, 3.05) is 13.2 Å². The zero-order valence-corrected chi connectivity index (χ0v) is 15.3.